The van der Waals surface area contributed by atoms with Gasteiger partial charge in [0.05, 0.1) is 10.8 Å². The van der Waals surface area contributed by atoms with Crippen molar-refractivity contribution in [3.8, 4) is 6.07 Å². The van der Waals surface area contributed by atoms with Gasteiger partial charge in [-0.25, -0.2) is 0 Å². The molecule has 1 heterocycles. The molecule has 1 aliphatic carbocycles. The Kier molecular flexibility index (Phi) is 6.67. The number of benzene rings is 1. The molecule has 1 aromatic carbocycles. The molecule has 9 heteroatoms. The number of nitrogens with zero attached hydrogens (tertiary/aromatic N) is 2. The van der Waals surface area contributed by atoms with Crippen molar-refractivity contribution >= 4 is 23.1 Å². The van der Waals surface area contributed by atoms with Gasteiger partial charge in [0, 0.05) is 31.1 Å². The molecule has 0 fully saturated rings. The molecular weight excluding hydrogens is 398 g/mol. The molecule has 0 amide bonds. The number of nitriles is 1. The van der Waals surface area contributed by atoms with E-state index >= 15 is 0 Å². The lowest BCUT2D eigenvalue weighted by Crippen LogP contribution is -2.33. The Balaban J connectivity index is 0.000000941. The summed E-state index contributed by atoms with van der Waals surface area (Å²) in [6.45, 7) is 5.82. The van der Waals surface area contributed by atoms with Crippen molar-refractivity contribution in [1.29, 1.82) is 5.26 Å². The molecule has 0 saturated heterocycles. The number of nitro groups is 1. The molecule has 8 nitrogen and oxygen atoms in total. The third kappa shape index (κ3) is 4.58. The van der Waals surface area contributed by atoms with Crippen LogP contribution in [0.25, 0.3) is 0 Å². The Morgan fingerprint density at radius 2 is 2.07 bits per heavy atom. The Labute approximate surface area is 173 Å². The summed E-state index contributed by atoms with van der Waals surface area (Å²) >= 11 is 5.89. The Morgan fingerprint density at radius 3 is 2.62 bits per heavy atom. The number of hydrogen-bond acceptors (Lipinski definition) is 7. The van der Waals surface area contributed by atoms with Crippen molar-refractivity contribution in [1.82, 2.24) is 0 Å². The number of ether oxygens (including phenoxy) is 1. The number of carbonyl (C=O) groups excluding carboxylic acids is 1. The summed E-state index contributed by atoms with van der Waals surface area (Å²) in [4.78, 5) is 23.4. The van der Waals surface area contributed by atoms with Crippen LogP contribution in [0.5, 0.6) is 0 Å². The SMILES string of the molecule is CC1(C)CC(=O)C2=C(C1)OC(N)=C(C#N)C2c1ccc(Cl)c([N+](=O)[O-])c1.CCO. The number of nitro benzene ring substituents is 1. The lowest BCUT2D eigenvalue weighted by molar-refractivity contribution is -0.384. The predicted octanol–water partition coefficient (Wildman–Crippen LogP) is 3.70. The maximum absolute atomic E-state index is 12.8. The van der Waals surface area contributed by atoms with Crippen LogP contribution >= 0.6 is 11.6 Å². The second kappa shape index (κ2) is 8.64. The summed E-state index contributed by atoms with van der Waals surface area (Å²) < 4.78 is 5.59. The number of aliphatic hydroxyl groups is 1. The summed E-state index contributed by atoms with van der Waals surface area (Å²) in [6, 6.07) is 6.20. The van der Waals surface area contributed by atoms with E-state index in [4.69, 9.17) is 27.2 Å². The molecule has 1 aliphatic heterocycles. The Morgan fingerprint density at radius 1 is 1.45 bits per heavy atom. The minimum absolute atomic E-state index is 0.0217. The van der Waals surface area contributed by atoms with Gasteiger partial charge in [0.2, 0.25) is 5.88 Å². The molecule has 0 saturated carbocycles. The lowest BCUT2D eigenvalue weighted by atomic mass is 9.70. The fourth-order valence-electron chi connectivity index (χ4n) is 3.47. The van der Waals surface area contributed by atoms with Crippen LogP contribution in [0.2, 0.25) is 5.02 Å². The lowest BCUT2D eigenvalue weighted by Gasteiger charge is -2.37. The highest BCUT2D eigenvalue weighted by Gasteiger charge is 2.43. The molecule has 0 aromatic heterocycles. The number of carbonyl (C=O) groups is 1. The third-order valence-corrected chi connectivity index (χ3v) is 4.90. The van der Waals surface area contributed by atoms with Crippen molar-refractivity contribution in [2.75, 3.05) is 6.61 Å². The van der Waals surface area contributed by atoms with Crippen molar-refractivity contribution in [3.63, 3.8) is 0 Å². The molecule has 0 bridgehead atoms. The number of nitrogens with two attached hydrogens (primary N) is 1. The van der Waals surface area contributed by atoms with Gasteiger partial charge in [-0.3, -0.25) is 14.9 Å². The van der Waals surface area contributed by atoms with Crippen LogP contribution < -0.4 is 5.73 Å². The zero-order valence-corrected chi connectivity index (χ0v) is 17.1. The Hall–Kier alpha value is -2.89. The van der Waals surface area contributed by atoms with Gasteiger partial charge in [-0.1, -0.05) is 31.5 Å². The van der Waals surface area contributed by atoms with Gasteiger partial charge in [0.1, 0.15) is 22.4 Å². The monoisotopic (exact) mass is 419 g/mol. The number of rotatable bonds is 2. The maximum Gasteiger partial charge on any atom is 0.288 e. The molecule has 0 spiro atoms. The van der Waals surface area contributed by atoms with Crippen LogP contribution in [-0.2, 0) is 9.53 Å². The van der Waals surface area contributed by atoms with Crippen LogP contribution in [0, 0.1) is 26.9 Å². The van der Waals surface area contributed by atoms with E-state index in [0.29, 0.717) is 29.7 Å². The van der Waals surface area contributed by atoms with E-state index in [2.05, 4.69) is 0 Å². The van der Waals surface area contributed by atoms with Gasteiger partial charge in [-0.2, -0.15) is 5.26 Å². The first-order valence-electron chi connectivity index (χ1n) is 8.94. The summed E-state index contributed by atoms with van der Waals surface area (Å²) in [7, 11) is 0. The molecule has 3 rings (SSSR count). The van der Waals surface area contributed by atoms with Gasteiger partial charge >= 0.3 is 0 Å². The van der Waals surface area contributed by atoms with Crippen LogP contribution in [0.15, 0.2) is 41.0 Å². The zero-order valence-electron chi connectivity index (χ0n) is 16.4. The summed E-state index contributed by atoms with van der Waals surface area (Å²) in [5.41, 5.74) is 6.14. The minimum atomic E-state index is -0.802. The van der Waals surface area contributed by atoms with E-state index in [0.717, 1.165) is 0 Å². The largest absolute Gasteiger partial charge is 0.444 e. The molecule has 29 heavy (non-hydrogen) atoms. The van der Waals surface area contributed by atoms with Gasteiger partial charge in [-0.15, -0.1) is 0 Å². The summed E-state index contributed by atoms with van der Waals surface area (Å²) in [6.07, 6.45) is 0.777. The van der Waals surface area contributed by atoms with Crippen molar-refractivity contribution < 1.29 is 19.6 Å². The average molecular weight is 420 g/mol. The maximum atomic E-state index is 12.8. The minimum Gasteiger partial charge on any atom is -0.444 e. The number of aliphatic hydroxyl groups excluding tert-OH is 1. The number of allylic oxidation sites excluding steroid dienone is 3. The average Bonchev–Trinajstić information content (AvgIpc) is 2.60. The first kappa shape index (κ1) is 22.4. The van der Waals surface area contributed by atoms with Gasteiger partial charge in [0.25, 0.3) is 5.69 Å². The molecule has 154 valence electrons. The van der Waals surface area contributed by atoms with E-state index in [1.807, 2.05) is 19.9 Å². The third-order valence-electron chi connectivity index (χ3n) is 4.58. The van der Waals surface area contributed by atoms with Gasteiger partial charge in [-0.05, 0) is 24.0 Å². The molecule has 3 N–H and O–H groups in total. The first-order chi connectivity index (χ1) is 13.6. The number of ketones is 1. The number of Topliss-reactive ketones (excluding diaryl/α,β-unsaturated/α-hetero) is 1. The van der Waals surface area contributed by atoms with Crippen LogP contribution in [-0.4, -0.2) is 22.4 Å². The van der Waals surface area contributed by atoms with E-state index in [1.165, 1.54) is 12.1 Å². The summed E-state index contributed by atoms with van der Waals surface area (Å²) in [5.74, 6) is -0.618. The van der Waals surface area contributed by atoms with E-state index in [1.54, 1.807) is 13.0 Å². The topological polar surface area (TPSA) is 139 Å². The molecule has 1 atom stereocenters. The highest BCUT2D eigenvalue weighted by molar-refractivity contribution is 6.32. The second-order valence-electron chi connectivity index (χ2n) is 7.49. The fraction of sp³-hybridized carbons (Fsp3) is 0.400. The summed E-state index contributed by atoms with van der Waals surface area (Å²) in [5, 5.41) is 28.3. The Bertz CT molecular complexity index is 959. The van der Waals surface area contributed by atoms with Gasteiger partial charge < -0.3 is 15.6 Å². The molecule has 1 unspecified atom stereocenters. The molecule has 2 aliphatic rings. The zero-order chi connectivity index (χ0) is 21.9. The predicted molar refractivity (Wildman–Crippen MR) is 107 cm³/mol. The molecule has 1 aromatic rings. The molecule has 0 radical (unpaired) electrons. The van der Waals surface area contributed by atoms with E-state index in [9.17, 15) is 20.2 Å². The van der Waals surface area contributed by atoms with Gasteiger partial charge in [0.15, 0.2) is 5.78 Å². The van der Waals surface area contributed by atoms with Crippen LogP contribution in [0.3, 0.4) is 0 Å². The number of halogens is 1. The highest BCUT2D eigenvalue weighted by atomic mass is 35.5. The van der Waals surface area contributed by atoms with Crippen molar-refractivity contribution in [2.45, 2.75) is 39.5 Å². The smallest absolute Gasteiger partial charge is 0.288 e. The fourth-order valence-corrected chi connectivity index (χ4v) is 3.65. The van der Waals surface area contributed by atoms with Crippen LogP contribution in [0.4, 0.5) is 5.69 Å². The van der Waals surface area contributed by atoms with Crippen molar-refractivity contribution in [2.24, 2.45) is 11.1 Å². The standard InChI is InChI=1S/C18H16ClN3O4.C2H6O/c1-18(2)6-13(23)16-14(7-18)26-17(21)10(8-20)15(16)9-3-4-11(19)12(5-9)22(24)25;1-2-3/h3-5,15H,6-7,21H2,1-2H3;3H,2H2,1H3. The number of hydrogen-bond donors (Lipinski definition) is 2. The highest BCUT2D eigenvalue weighted by Crippen LogP contribution is 2.48. The van der Waals surface area contributed by atoms with Crippen LogP contribution in [0.1, 0.15) is 45.1 Å². The first-order valence-corrected chi connectivity index (χ1v) is 9.32. The normalized spacial score (nSPS) is 20.1. The second-order valence-corrected chi connectivity index (χ2v) is 7.89. The molecular formula is C20H22ClN3O5. The van der Waals surface area contributed by atoms with Crippen molar-refractivity contribution in [3.05, 3.63) is 61.7 Å². The van der Waals surface area contributed by atoms with E-state index in [-0.39, 0.29) is 40.0 Å². The quantitative estimate of drug-likeness (QED) is 0.550. The van der Waals surface area contributed by atoms with E-state index < -0.39 is 10.8 Å².